The Kier molecular flexibility index (Phi) is 3.70. The van der Waals surface area contributed by atoms with Gasteiger partial charge in [-0.15, -0.1) is 0 Å². The first kappa shape index (κ1) is 11.3. The monoisotopic (exact) mass is 219 g/mol. The molecule has 0 bridgehead atoms. The number of aliphatic hydroxyl groups is 1. The van der Waals surface area contributed by atoms with Gasteiger partial charge in [0.15, 0.2) is 0 Å². The molecule has 1 aromatic rings. The lowest BCUT2D eigenvalue weighted by atomic mass is 9.91. The Morgan fingerprint density at radius 1 is 1.50 bits per heavy atom. The van der Waals surface area contributed by atoms with Crippen molar-refractivity contribution in [1.82, 2.24) is 4.98 Å². The summed E-state index contributed by atoms with van der Waals surface area (Å²) in [5, 5.41) is 9.44. The van der Waals surface area contributed by atoms with Gasteiger partial charge >= 0.3 is 0 Å². The predicted octanol–water partition coefficient (Wildman–Crippen LogP) is 2.11. The molecule has 1 aromatic heterocycles. The Hall–Kier alpha value is -1.19. The van der Waals surface area contributed by atoms with Crippen molar-refractivity contribution in [2.45, 2.75) is 25.4 Å². The molecule has 0 radical (unpaired) electrons. The van der Waals surface area contributed by atoms with Crippen LogP contribution in [0, 0.1) is 0 Å². The van der Waals surface area contributed by atoms with E-state index in [1.165, 1.54) is 0 Å². The first-order chi connectivity index (χ1) is 7.86. The summed E-state index contributed by atoms with van der Waals surface area (Å²) in [6.07, 6.45) is 5.54. The van der Waals surface area contributed by atoms with Crippen molar-refractivity contribution >= 4 is 6.08 Å². The molecular weight excluding hydrogens is 202 g/mol. The summed E-state index contributed by atoms with van der Waals surface area (Å²) in [4.78, 5) is 4.42. The SMILES string of the molecule is C=Cc1ccnc(C2CCOCC2)c1CO. The summed E-state index contributed by atoms with van der Waals surface area (Å²) in [5.74, 6) is 0.413. The van der Waals surface area contributed by atoms with E-state index < -0.39 is 0 Å². The average molecular weight is 219 g/mol. The van der Waals surface area contributed by atoms with Crippen LogP contribution in [0.15, 0.2) is 18.8 Å². The van der Waals surface area contributed by atoms with Crippen LogP contribution in [0.3, 0.4) is 0 Å². The number of ether oxygens (including phenoxy) is 1. The number of aliphatic hydroxyl groups excluding tert-OH is 1. The Morgan fingerprint density at radius 3 is 2.88 bits per heavy atom. The molecule has 2 rings (SSSR count). The molecule has 3 nitrogen and oxygen atoms in total. The third-order valence-corrected chi connectivity index (χ3v) is 3.11. The molecule has 0 aliphatic carbocycles. The van der Waals surface area contributed by atoms with Crippen molar-refractivity contribution in [1.29, 1.82) is 0 Å². The molecule has 3 heteroatoms. The van der Waals surface area contributed by atoms with Gasteiger partial charge in [-0.05, 0) is 24.5 Å². The van der Waals surface area contributed by atoms with Crippen molar-refractivity contribution < 1.29 is 9.84 Å². The number of hydrogen-bond acceptors (Lipinski definition) is 3. The van der Waals surface area contributed by atoms with Crippen LogP contribution in [-0.2, 0) is 11.3 Å². The zero-order valence-electron chi connectivity index (χ0n) is 9.35. The molecule has 1 saturated heterocycles. The molecule has 0 unspecified atom stereocenters. The smallest absolute Gasteiger partial charge is 0.0705 e. The molecular formula is C13H17NO2. The Bertz CT molecular complexity index is 370. The molecule has 0 atom stereocenters. The van der Waals surface area contributed by atoms with E-state index in [-0.39, 0.29) is 6.61 Å². The molecule has 0 spiro atoms. The third-order valence-electron chi connectivity index (χ3n) is 3.11. The van der Waals surface area contributed by atoms with Crippen LogP contribution < -0.4 is 0 Å². The lowest BCUT2D eigenvalue weighted by Gasteiger charge is -2.23. The maximum absolute atomic E-state index is 9.44. The van der Waals surface area contributed by atoms with E-state index >= 15 is 0 Å². The van der Waals surface area contributed by atoms with Crippen molar-refractivity contribution in [2.75, 3.05) is 13.2 Å². The normalized spacial score (nSPS) is 17.3. The van der Waals surface area contributed by atoms with Crippen LogP contribution in [0.1, 0.15) is 35.6 Å². The number of aromatic nitrogens is 1. The highest BCUT2D eigenvalue weighted by Gasteiger charge is 2.20. The summed E-state index contributed by atoms with van der Waals surface area (Å²) in [7, 11) is 0. The van der Waals surface area contributed by atoms with Gasteiger partial charge in [0.2, 0.25) is 0 Å². The van der Waals surface area contributed by atoms with Crippen LogP contribution >= 0.6 is 0 Å². The van der Waals surface area contributed by atoms with Crippen LogP contribution in [0.25, 0.3) is 6.08 Å². The zero-order chi connectivity index (χ0) is 11.4. The van der Waals surface area contributed by atoms with E-state index in [0.717, 1.165) is 42.9 Å². The first-order valence-electron chi connectivity index (χ1n) is 5.65. The van der Waals surface area contributed by atoms with Crippen molar-refractivity contribution in [3.63, 3.8) is 0 Å². The lowest BCUT2D eigenvalue weighted by Crippen LogP contribution is -2.17. The van der Waals surface area contributed by atoms with E-state index in [9.17, 15) is 5.11 Å². The summed E-state index contributed by atoms with van der Waals surface area (Å²) in [5.41, 5.74) is 2.92. The van der Waals surface area contributed by atoms with Gasteiger partial charge in [-0.25, -0.2) is 0 Å². The Labute approximate surface area is 95.8 Å². The highest BCUT2D eigenvalue weighted by Crippen LogP contribution is 2.29. The average Bonchev–Trinajstić information content (AvgIpc) is 2.38. The summed E-state index contributed by atoms with van der Waals surface area (Å²) < 4.78 is 5.34. The van der Waals surface area contributed by atoms with Gasteiger partial charge in [0.1, 0.15) is 0 Å². The molecule has 0 amide bonds. The van der Waals surface area contributed by atoms with Gasteiger partial charge < -0.3 is 9.84 Å². The van der Waals surface area contributed by atoms with Gasteiger partial charge in [-0.3, -0.25) is 4.98 Å². The van der Waals surface area contributed by atoms with E-state index in [0.29, 0.717) is 5.92 Å². The van der Waals surface area contributed by atoms with E-state index in [4.69, 9.17) is 4.74 Å². The molecule has 1 N–H and O–H groups in total. The van der Waals surface area contributed by atoms with Gasteiger partial charge in [0.25, 0.3) is 0 Å². The minimum atomic E-state index is 0.0296. The summed E-state index contributed by atoms with van der Waals surface area (Å²) in [6, 6.07) is 1.89. The molecule has 16 heavy (non-hydrogen) atoms. The number of hydrogen-bond donors (Lipinski definition) is 1. The fourth-order valence-corrected chi connectivity index (χ4v) is 2.21. The standard InChI is InChI=1S/C13H17NO2/c1-2-10-3-6-14-13(12(10)9-15)11-4-7-16-8-5-11/h2-3,6,11,15H,1,4-5,7-9H2. The largest absolute Gasteiger partial charge is 0.392 e. The van der Waals surface area contributed by atoms with Crippen molar-refractivity contribution in [3.05, 3.63) is 35.7 Å². The lowest BCUT2D eigenvalue weighted by molar-refractivity contribution is 0.0839. The van der Waals surface area contributed by atoms with E-state index in [2.05, 4.69) is 11.6 Å². The molecule has 1 aliphatic rings. The van der Waals surface area contributed by atoms with E-state index in [1.807, 2.05) is 6.07 Å². The highest BCUT2D eigenvalue weighted by atomic mass is 16.5. The number of pyridine rings is 1. The Morgan fingerprint density at radius 2 is 2.25 bits per heavy atom. The Balaban J connectivity index is 2.34. The van der Waals surface area contributed by atoms with Gasteiger partial charge in [0, 0.05) is 36.6 Å². The fraction of sp³-hybridized carbons (Fsp3) is 0.462. The van der Waals surface area contributed by atoms with Gasteiger partial charge in [-0.1, -0.05) is 12.7 Å². The quantitative estimate of drug-likeness (QED) is 0.846. The maximum Gasteiger partial charge on any atom is 0.0705 e. The molecule has 86 valence electrons. The molecule has 0 saturated carbocycles. The summed E-state index contributed by atoms with van der Waals surface area (Å²) >= 11 is 0. The number of nitrogens with zero attached hydrogens (tertiary/aromatic N) is 1. The van der Waals surface area contributed by atoms with Crippen LogP contribution in [0.2, 0.25) is 0 Å². The molecule has 2 heterocycles. The topological polar surface area (TPSA) is 42.4 Å². The number of rotatable bonds is 3. The van der Waals surface area contributed by atoms with Gasteiger partial charge in [-0.2, -0.15) is 0 Å². The second-order valence-electron chi connectivity index (χ2n) is 4.01. The van der Waals surface area contributed by atoms with Gasteiger partial charge in [0.05, 0.1) is 6.61 Å². The van der Waals surface area contributed by atoms with Crippen molar-refractivity contribution in [3.8, 4) is 0 Å². The summed E-state index contributed by atoms with van der Waals surface area (Å²) in [6.45, 7) is 5.37. The van der Waals surface area contributed by atoms with Crippen molar-refractivity contribution in [2.24, 2.45) is 0 Å². The molecule has 1 aliphatic heterocycles. The third kappa shape index (κ3) is 2.15. The predicted molar refractivity (Wildman–Crippen MR) is 63.0 cm³/mol. The molecule has 0 aromatic carbocycles. The fourth-order valence-electron chi connectivity index (χ4n) is 2.21. The zero-order valence-corrected chi connectivity index (χ0v) is 9.35. The highest BCUT2D eigenvalue weighted by molar-refractivity contribution is 5.53. The minimum Gasteiger partial charge on any atom is -0.392 e. The molecule has 1 fully saturated rings. The minimum absolute atomic E-state index is 0.0296. The maximum atomic E-state index is 9.44. The van der Waals surface area contributed by atoms with Crippen LogP contribution in [0.4, 0.5) is 0 Å². The second kappa shape index (κ2) is 5.23. The van der Waals surface area contributed by atoms with E-state index in [1.54, 1.807) is 12.3 Å². The first-order valence-corrected chi connectivity index (χ1v) is 5.65. The van der Waals surface area contributed by atoms with Crippen LogP contribution in [-0.4, -0.2) is 23.3 Å². The second-order valence-corrected chi connectivity index (χ2v) is 4.01. The van der Waals surface area contributed by atoms with Crippen LogP contribution in [0.5, 0.6) is 0 Å².